The SMILES string of the molecule is CCn1ccnc1CC(=O)c1cccc(OC(F)F)c1. The number of rotatable bonds is 6. The minimum absolute atomic E-state index is 0.0234. The van der Waals surface area contributed by atoms with E-state index >= 15 is 0 Å². The van der Waals surface area contributed by atoms with Gasteiger partial charge in [-0.2, -0.15) is 8.78 Å². The van der Waals surface area contributed by atoms with Crippen molar-refractivity contribution in [2.75, 3.05) is 0 Å². The van der Waals surface area contributed by atoms with Crippen molar-refractivity contribution in [2.45, 2.75) is 26.5 Å². The fourth-order valence-electron chi connectivity index (χ4n) is 1.89. The summed E-state index contributed by atoms with van der Waals surface area (Å²) >= 11 is 0. The number of hydrogen-bond acceptors (Lipinski definition) is 3. The Morgan fingerprint density at radius 2 is 2.25 bits per heavy atom. The van der Waals surface area contributed by atoms with Crippen LogP contribution in [0.25, 0.3) is 0 Å². The fraction of sp³-hybridized carbons (Fsp3) is 0.286. The molecule has 0 saturated carbocycles. The first-order valence-corrected chi connectivity index (χ1v) is 6.18. The maximum Gasteiger partial charge on any atom is 0.387 e. The van der Waals surface area contributed by atoms with Crippen molar-refractivity contribution in [2.24, 2.45) is 0 Å². The summed E-state index contributed by atoms with van der Waals surface area (Å²) in [6.45, 7) is -0.233. The Labute approximate surface area is 115 Å². The number of Topliss-reactive ketones (excluding diaryl/α,β-unsaturated/α-hetero) is 1. The third-order valence-corrected chi connectivity index (χ3v) is 2.84. The van der Waals surface area contributed by atoms with Crippen molar-refractivity contribution in [1.82, 2.24) is 9.55 Å². The number of ether oxygens (including phenoxy) is 1. The Kier molecular flexibility index (Phi) is 4.45. The number of benzene rings is 1. The summed E-state index contributed by atoms with van der Waals surface area (Å²) in [6, 6.07) is 5.78. The number of carbonyl (C=O) groups is 1. The van der Waals surface area contributed by atoms with E-state index in [1.807, 2.05) is 11.5 Å². The molecule has 6 heteroatoms. The van der Waals surface area contributed by atoms with E-state index in [1.165, 1.54) is 18.2 Å². The van der Waals surface area contributed by atoms with Crippen LogP contribution in [-0.4, -0.2) is 21.9 Å². The first-order valence-electron chi connectivity index (χ1n) is 6.18. The Balaban J connectivity index is 2.13. The van der Waals surface area contributed by atoms with E-state index in [1.54, 1.807) is 18.5 Å². The van der Waals surface area contributed by atoms with Crippen LogP contribution >= 0.6 is 0 Å². The highest BCUT2D eigenvalue weighted by Gasteiger charge is 2.12. The second-order valence-corrected chi connectivity index (χ2v) is 4.14. The lowest BCUT2D eigenvalue weighted by Crippen LogP contribution is -2.10. The Bertz CT molecular complexity index is 596. The largest absolute Gasteiger partial charge is 0.435 e. The third kappa shape index (κ3) is 3.40. The van der Waals surface area contributed by atoms with Crippen molar-refractivity contribution >= 4 is 5.78 Å². The zero-order chi connectivity index (χ0) is 14.5. The number of ketones is 1. The minimum atomic E-state index is -2.90. The first-order chi connectivity index (χ1) is 9.60. The van der Waals surface area contributed by atoms with Gasteiger partial charge in [0.1, 0.15) is 11.6 Å². The minimum Gasteiger partial charge on any atom is -0.435 e. The molecule has 0 atom stereocenters. The van der Waals surface area contributed by atoms with Crippen molar-refractivity contribution in [1.29, 1.82) is 0 Å². The summed E-state index contributed by atoms with van der Waals surface area (Å²) in [5, 5.41) is 0. The zero-order valence-electron chi connectivity index (χ0n) is 10.9. The van der Waals surface area contributed by atoms with E-state index in [0.29, 0.717) is 11.4 Å². The molecule has 2 aromatic rings. The molecule has 0 aliphatic carbocycles. The van der Waals surface area contributed by atoms with Crippen LogP contribution in [0.5, 0.6) is 5.75 Å². The molecule has 0 radical (unpaired) electrons. The van der Waals surface area contributed by atoms with E-state index < -0.39 is 6.61 Å². The number of imidazole rings is 1. The van der Waals surface area contributed by atoms with E-state index in [2.05, 4.69) is 9.72 Å². The molecule has 0 N–H and O–H groups in total. The van der Waals surface area contributed by atoms with Crippen LogP contribution in [0.4, 0.5) is 8.78 Å². The third-order valence-electron chi connectivity index (χ3n) is 2.84. The van der Waals surface area contributed by atoms with Gasteiger partial charge in [0.05, 0.1) is 6.42 Å². The molecule has 0 aliphatic heterocycles. The van der Waals surface area contributed by atoms with Gasteiger partial charge in [-0.15, -0.1) is 0 Å². The van der Waals surface area contributed by atoms with Crippen molar-refractivity contribution in [3.63, 3.8) is 0 Å². The zero-order valence-corrected chi connectivity index (χ0v) is 10.9. The van der Waals surface area contributed by atoms with Crippen LogP contribution in [0.2, 0.25) is 0 Å². The highest BCUT2D eigenvalue weighted by atomic mass is 19.3. The molecule has 0 bridgehead atoms. The standard InChI is InChI=1S/C14H14F2N2O2/c1-2-18-7-6-17-13(18)9-12(19)10-4-3-5-11(8-10)20-14(15)16/h3-8,14H,2,9H2,1H3. The summed E-state index contributed by atoms with van der Waals surface area (Å²) < 4.78 is 30.4. The predicted molar refractivity (Wildman–Crippen MR) is 69.0 cm³/mol. The van der Waals surface area contributed by atoms with E-state index in [9.17, 15) is 13.6 Å². The van der Waals surface area contributed by atoms with Gasteiger partial charge in [0.25, 0.3) is 0 Å². The molecule has 106 valence electrons. The van der Waals surface area contributed by atoms with Gasteiger partial charge in [0.15, 0.2) is 5.78 Å². The highest BCUT2D eigenvalue weighted by Crippen LogP contribution is 2.17. The summed E-state index contributed by atoms with van der Waals surface area (Å²) in [5.41, 5.74) is 0.328. The second kappa shape index (κ2) is 6.27. The van der Waals surface area contributed by atoms with Gasteiger partial charge in [0, 0.05) is 24.5 Å². The molecular formula is C14H14F2N2O2. The normalized spacial score (nSPS) is 10.8. The van der Waals surface area contributed by atoms with Gasteiger partial charge in [-0.25, -0.2) is 4.98 Å². The number of aromatic nitrogens is 2. The molecule has 2 rings (SSSR count). The van der Waals surface area contributed by atoms with Crippen LogP contribution in [0.1, 0.15) is 23.1 Å². The Morgan fingerprint density at radius 3 is 2.95 bits per heavy atom. The molecule has 1 aromatic heterocycles. The van der Waals surface area contributed by atoms with Gasteiger partial charge in [-0.1, -0.05) is 12.1 Å². The average Bonchev–Trinajstić information content (AvgIpc) is 2.85. The van der Waals surface area contributed by atoms with E-state index in [0.717, 1.165) is 6.54 Å². The number of carbonyl (C=O) groups excluding carboxylic acids is 1. The quantitative estimate of drug-likeness (QED) is 0.764. The summed E-state index contributed by atoms with van der Waals surface area (Å²) in [7, 11) is 0. The fourth-order valence-corrected chi connectivity index (χ4v) is 1.89. The lowest BCUT2D eigenvalue weighted by Gasteiger charge is -2.07. The molecule has 20 heavy (non-hydrogen) atoms. The number of aryl methyl sites for hydroxylation is 1. The van der Waals surface area contributed by atoms with Crippen molar-refractivity contribution < 1.29 is 18.3 Å². The van der Waals surface area contributed by atoms with E-state index in [4.69, 9.17) is 0 Å². The van der Waals surface area contributed by atoms with Crippen LogP contribution in [0.3, 0.4) is 0 Å². The molecule has 0 amide bonds. The maximum atomic E-state index is 12.1. The molecule has 0 fully saturated rings. The topological polar surface area (TPSA) is 44.1 Å². The number of nitrogens with zero attached hydrogens (tertiary/aromatic N) is 2. The molecular weight excluding hydrogens is 266 g/mol. The number of alkyl halides is 2. The average molecular weight is 280 g/mol. The second-order valence-electron chi connectivity index (χ2n) is 4.14. The lowest BCUT2D eigenvalue weighted by atomic mass is 10.1. The molecule has 1 heterocycles. The van der Waals surface area contributed by atoms with Gasteiger partial charge in [-0.3, -0.25) is 4.79 Å². The van der Waals surface area contributed by atoms with Crippen LogP contribution in [-0.2, 0) is 13.0 Å². The number of hydrogen-bond donors (Lipinski definition) is 0. The van der Waals surface area contributed by atoms with Crippen LogP contribution in [0, 0.1) is 0 Å². The van der Waals surface area contributed by atoms with Crippen molar-refractivity contribution in [3.05, 3.63) is 48.0 Å². The smallest absolute Gasteiger partial charge is 0.387 e. The molecule has 0 spiro atoms. The van der Waals surface area contributed by atoms with Crippen LogP contribution < -0.4 is 4.74 Å². The number of halogens is 2. The van der Waals surface area contributed by atoms with E-state index in [-0.39, 0.29) is 18.0 Å². The van der Waals surface area contributed by atoms with Gasteiger partial charge < -0.3 is 9.30 Å². The summed E-state index contributed by atoms with van der Waals surface area (Å²) in [5.74, 6) is 0.438. The molecule has 4 nitrogen and oxygen atoms in total. The van der Waals surface area contributed by atoms with Crippen LogP contribution in [0.15, 0.2) is 36.7 Å². The Morgan fingerprint density at radius 1 is 1.45 bits per heavy atom. The lowest BCUT2D eigenvalue weighted by molar-refractivity contribution is -0.0498. The predicted octanol–water partition coefficient (Wildman–Crippen LogP) is 2.93. The monoisotopic (exact) mass is 280 g/mol. The molecule has 1 aromatic carbocycles. The van der Waals surface area contributed by atoms with Crippen molar-refractivity contribution in [3.8, 4) is 5.75 Å². The molecule has 0 saturated heterocycles. The summed E-state index contributed by atoms with van der Waals surface area (Å²) in [6.07, 6.45) is 3.54. The maximum absolute atomic E-state index is 12.1. The highest BCUT2D eigenvalue weighted by molar-refractivity contribution is 5.97. The molecule has 0 unspecified atom stereocenters. The van der Waals surface area contributed by atoms with Gasteiger partial charge >= 0.3 is 6.61 Å². The Hall–Kier alpha value is -2.24. The van der Waals surface area contributed by atoms with Gasteiger partial charge in [0.2, 0.25) is 0 Å². The first kappa shape index (κ1) is 14.2. The summed E-state index contributed by atoms with van der Waals surface area (Å²) in [4.78, 5) is 16.2. The van der Waals surface area contributed by atoms with Gasteiger partial charge in [-0.05, 0) is 19.1 Å². The molecule has 0 aliphatic rings.